The molecule has 4 saturated carbocycles. The fourth-order valence-corrected chi connectivity index (χ4v) is 9.15. The Morgan fingerprint density at radius 2 is 0.811 bits per heavy atom. The van der Waals surface area contributed by atoms with Crippen molar-refractivity contribution in [1.29, 1.82) is 0 Å². The first-order chi connectivity index (χ1) is 17.5. The van der Waals surface area contributed by atoms with Gasteiger partial charge < -0.3 is 9.59 Å². The second kappa shape index (κ2) is 11.6. The van der Waals surface area contributed by atoms with E-state index in [4.69, 9.17) is 0 Å². The van der Waals surface area contributed by atoms with Crippen LogP contribution >= 0.6 is 0 Å². The van der Waals surface area contributed by atoms with Crippen molar-refractivity contribution in [3.8, 4) is 0 Å². The smallest absolute Gasteiger partial charge is 0.303 e. The minimum Gasteiger partial charge on any atom is -0.303 e. The van der Waals surface area contributed by atoms with E-state index in [9.17, 15) is 35.9 Å². The molecular weight excluding hydrogens is 494 g/mol. The van der Waals surface area contributed by atoms with Gasteiger partial charge in [-0.2, -0.15) is 26.3 Å². The van der Waals surface area contributed by atoms with Crippen LogP contribution in [0.25, 0.3) is 0 Å². The van der Waals surface area contributed by atoms with Crippen LogP contribution in [0.15, 0.2) is 0 Å². The molecule has 0 aromatic rings. The Labute approximate surface area is 216 Å². The van der Waals surface area contributed by atoms with E-state index in [-0.39, 0.29) is 61.2 Å². The van der Waals surface area contributed by atoms with Crippen LogP contribution in [0.2, 0.25) is 0 Å². The van der Waals surface area contributed by atoms with E-state index in [1.807, 2.05) is 0 Å². The Bertz CT molecular complexity index is 697. The van der Waals surface area contributed by atoms with E-state index in [1.54, 1.807) is 0 Å². The van der Waals surface area contributed by atoms with E-state index in [2.05, 4.69) is 0 Å². The molecule has 0 heterocycles. The molecule has 4 aliphatic carbocycles. The van der Waals surface area contributed by atoms with E-state index in [1.165, 1.54) is 0 Å². The van der Waals surface area contributed by atoms with Crippen molar-refractivity contribution in [1.82, 2.24) is 0 Å². The highest BCUT2D eigenvalue weighted by Gasteiger charge is 2.76. The number of aldehydes is 2. The molecule has 4 rings (SSSR count). The molecule has 4 unspecified atom stereocenters. The Balaban J connectivity index is 1.48. The molecule has 0 amide bonds. The lowest BCUT2D eigenvalue weighted by molar-refractivity contribution is -0.382. The Hall–Kier alpha value is -1.08. The van der Waals surface area contributed by atoms with Gasteiger partial charge in [0.05, 0.1) is 0 Å². The quantitative estimate of drug-likeness (QED) is 0.251. The highest BCUT2D eigenvalue weighted by Crippen LogP contribution is 2.66. The summed E-state index contributed by atoms with van der Waals surface area (Å²) in [4.78, 5) is 22.5. The van der Waals surface area contributed by atoms with E-state index >= 15 is 0 Å². The summed E-state index contributed by atoms with van der Waals surface area (Å²) >= 11 is 0. The average molecular weight is 537 g/mol. The van der Waals surface area contributed by atoms with Crippen LogP contribution in [0.4, 0.5) is 26.3 Å². The third-order valence-electron chi connectivity index (χ3n) is 11.0. The summed E-state index contributed by atoms with van der Waals surface area (Å²) in [5.41, 5.74) is -3.65. The van der Waals surface area contributed by atoms with Crippen LogP contribution in [-0.2, 0) is 9.59 Å². The van der Waals surface area contributed by atoms with Gasteiger partial charge in [0, 0.05) is 11.8 Å². The summed E-state index contributed by atoms with van der Waals surface area (Å²) in [5, 5.41) is 0. The highest BCUT2D eigenvalue weighted by atomic mass is 19.4. The van der Waals surface area contributed by atoms with Gasteiger partial charge in [0.1, 0.15) is 12.6 Å². The Morgan fingerprint density at radius 3 is 1.11 bits per heavy atom. The SMILES string of the molecule is O=CC1CCCC(C2CCC(C(C3CCC(C4CCCC(C=O)C4)CC3)(C(F)(F)F)C(F)(F)F)CC2)C1. The van der Waals surface area contributed by atoms with Crippen LogP contribution in [0, 0.1) is 52.8 Å². The third kappa shape index (κ3) is 5.78. The van der Waals surface area contributed by atoms with Crippen molar-refractivity contribution >= 4 is 12.6 Å². The summed E-state index contributed by atoms with van der Waals surface area (Å²) in [6.45, 7) is 0. The van der Waals surface area contributed by atoms with Crippen molar-refractivity contribution in [2.45, 2.75) is 115 Å². The highest BCUT2D eigenvalue weighted by molar-refractivity contribution is 5.53. The second-order valence-corrected chi connectivity index (χ2v) is 12.7. The summed E-state index contributed by atoms with van der Waals surface area (Å²) in [7, 11) is 0. The lowest BCUT2D eigenvalue weighted by Gasteiger charge is -2.52. The standard InChI is InChI=1S/C29H42F6O2/c30-28(31,32)27(29(33,34)35,25-11-7-21(8-12-25)23-5-1-3-19(15-23)17-36)26-13-9-22(10-14-26)24-6-2-4-20(16-24)18-37/h17-26H,1-16H2. The first-order valence-electron chi connectivity index (χ1n) is 14.5. The second-order valence-electron chi connectivity index (χ2n) is 12.7. The van der Waals surface area contributed by atoms with E-state index in [0.717, 1.165) is 63.9 Å². The predicted octanol–water partition coefficient (Wildman–Crippen LogP) is 8.72. The van der Waals surface area contributed by atoms with Gasteiger partial charge in [0.15, 0.2) is 5.41 Å². The van der Waals surface area contributed by atoms with Gasteiger partial charge in [-0.1, -0.05) is 25.7 Å². The number of carbonyl (C=O) groups is 2. The van der Waals surface area contributed by atoms with Gasteiger partial charge >= 0.3 is 12.4 Å². The number of rotatable bonds is 6. The molecule has 4 atom stereocenters. The van der Waals surface area contributed by atoms with Crippen LogP contribution in [0.1, 0.15) is 103 Å². The van der Waals surface area contributed by atoms with Crippen molar-refractivity contribution in [2.24, 2.45) is 52.8 Å². The zero-order valence-corrected chi connectivity index (χ0v) is 21.7. The zero-order chi connectivity index (χ0) is 26.8. The fraction of sp³-hybridized carbons (Fsp3) is 0.931. The first kappa shape index (κ1) is 28.9. The van der Waals surface area contributed by atoms with E-state index < -0.39 is 29.6 Å². The predicted molar refractivity (Wildman–Crippen MR) is 128 cm³/mol. The molecule has 0 radical (unpaired) electrons. The average Bonchev–Trinajstić information content (AvgIpc) is 2.88. The molecular formula is C29H42F6O2. The van der Waals surface area contributed by atoms with Gasteiger partial charge in [-0.15, -0.1) is 0 Å². The number of carbonyl (C=O) groups excluding carboxylic acids is 2. The monoisotopic (exact) mass is 536 g/mol. The summed E-state index contributed by atoms with van der Waals surface area (Å²) < 4.78 is 88.4. The largest absolute Gasteiger partial charge is 0.403 e. The van der Waals surface area contributed by atoms with Gasteiger partial charge in [-0.3, -0.25) is 0 Å². The summed E-state index contributed by atoms with van der Waals surface area (Å²) in [6, 6.07) is 0. The molecule has 8 heteroatoms. The molecule has 0 aromatic carbocycles. The minimum absolute atomic E-state index is 0.0259. The normalized spacial score (nSPS) is 38.6. The summed E-state index contributed by atoms with van der Waals surface area (Å²) in [5.74, 6) is -2.23. The molecule has 0 aliphatic heterocycles. The lowest BCUT2D eigenvalue weighted by Crippen LogP contribution is -2.60. The molecule has 0 saturated heterocycles. The molecule has 4 fully saturated rings. The fourth-order valence-electron chi connectivity index (χ4n) is 9.15. The lowest BCUT2D eigenvalue weighted by atomic mass is 9.54. The third-order valence-corrected chi connectivity index (χ3v) is 11.0. The number of halogens is 6. The van der Waals surface area contributed by atoms with Crippen molar-refractivity contribution in [3.63, 3.8) is 0 Å². The summed E-state index contributed by atoms with van der Waals surface area (Å²) in [6.07, 6.45) is -0.661. The molecule has 37 heavy (non-hydrogen) atoms. The molecule has 0 bridgehead atoms. The number of hydrogen-bond donors (Lipinski definition) is 0. The van der Waals surface area contributed by atoms with Crippen LogP contribution in [0.5, 0.6) is 0 Å². The Morgan fingerprint density at radius 1 is 0.459 bits per heavy atom. The molecule has 0 aromatic heterocycles. The van der Waals surface area contributed by atoms with Crippen LogP contribution in [0.3, 0.4) is 0 Å². The Kier molecular flexibility index (Phi) is 9.04. The van der Waals surface area contributed by atoms with Crippen molar-refractivity contribution < 1.29 is 35.9 Å². The van der Waals surface area contributed by atoms with Crippen LogP contribution in [-0.4, -0.2) is 24.9 Å². The molecule has 0 spiro atoms. The first-order valence-corrected chi connectivity index (χ1v) is 14.5. The molecule has 212 valence electrons. The van der Waals surface area contributed by atoms with Gasteiger partial charge in [-0.25, -0.2) is 0 Å². The number of hydrogen-bond acceptors (Lipinski definition) is 2. The van der Waals surface area contributed by atoms with E-state index in [0.29, 0.717) is 25.7 Å². The van der Waals surface area contributed by atoms with Gasteiger partial charge in [-0.05, 0) is 113 Å². The topological polar surface area (TPSA) is 34.1 Å². The zero-order valence-electron chi connectivity index (χ0n) is 21.7. The molecule has 0 N–H and O–H groups in total. The maximum atomic E-state index is 14.7. The number of alkyl halides is 6. The molecule has 2 nitrogen and oxygen atoms in total. The van der Waals surface area contributed by atoms with Crippen molar-refractivity contribution in [2.75, 3.05) is 0 Å². The molecule has 4 aliphatic rings. The van der Waals surface area contributed by atoms with Crippen molar-refractivity contribution in [3.05, 3.63) is 0 Å². The van der Waals surface area contributed by atoms with Crippen LogP contribution < -0.4 is 0 Å². The minimum atomic E-state index is -5.35. The maximum Gasteiger partial charge on any atom is 0.403 e. The van der Waals surface area contributed by atoms with Gasteiger partial charge in [0.2, 0.25) is 0 Å². The maximum absolute atomic E-state index is 14.7. The van der Waals surface area contributed by atoms with Gasteiger partial charge in [0.25, 0.3) is 0 Å².